The summed E-state index contributed by atoms with van der Waals surface area (Å²) >= 11 is 0. The highest BCUT2D eigenvalue weighted by Crippen LogP contribution is 2.27. The molecule has 1 aliphatic heterocycles. The second kappa shape index (κ2) is 12.6. The molecule has 0 radical (unpaired) electrons. The topological polar surface area (TPSA) is 150 Å². The van der Waals surface area contributed by atoms with E-state index in [0.29, 0.717) is 40.4 Å². The molecule has 1 aliphatic rings. The Morgan fingerprint density at radius 3 is 2.35 bits per heavy atom. The predicted octanol–water partition coefficient (Wildman–Crippen LogP) is 5.33. The number of nitrogens with one attached hydrogen (secondary N) is 3. The van der Waals surface area contributed by atoms with Gasteiger partial charge in [0.1, 0.15) is 17.7 Å². The molecule has 2 atom stereocenters. The maximum atomic E-state index is 12.6. The molecule has 43 heavy (non-hydrogen) atoms. The van der Waals surface area contributed by atoms with Crippen LogP contribution in [0.5, 0.6) is 5.75 Å². The maximum Gasteiger partial charge on any atom is 0.311 e. The van der Waals surface area contributed by atoms with Crippen LogP contribution in [-0.2, 0) is 11.2 Å². The average Bonchev–Trinajstić information content (AvgIpc) is 3.48. The standard InChI is InChI=1S/C34H31N5O4/c1-21(36)39-15-14-30(20-39)43-29-12-10-25(11-13-29)31(34(41)42)17-23-4-5-24-8-9-27(18-28(24)16-23)32(37)38-33(40)26-6-2-22(19-35)3-7-26/h2-13,16,18,30-31,36H,14-15,17,20H2,1H3,(H,41,42)(H2,37,38,40)/t30-,31-/m0/s1. The Balaban J connectivity index is 1.27. The van der Waals surface area contributed by atoms with Crippen molar-refractivity contribution < 1.29 is 19.4 Å². The van der Waals surface area contributed by atoms with Gasteiger partial charge in [0.25, 0.3) is 5.91 Å². The van der Waals surface area contributed by atoms with Crippen LogP contribution in [0.15, 0.2) is 84.9 Å². The molecule has 4 aromatic rings. The van der Waals surface area contributed by atoms with E-state index in [-0.39, 0.29) is 18.4 Å². The minimum absolute atomic E-state index is 0.00492. The van der Waals surface area contributed by atoms with E-state index in [1.807, 2.05) is 35.2 Å². The van der Waals surface area contributed by atoms with Crippen LogP contribution in [0.1, 0.15) is 51.9 Å². The summed E-state index contributed by atoms with van der Waals surface area (Å²) in [6, 6.07) is 26.5. The number of aliphatic carboxylic acids is 1. The number of fused-ring (bicyclic) bond motifs is 1. The van der Waals surface area contributed by atoms with Gasteiger partial charge in [0.2, 0.25) is 0 Å². The lowest BCUT2D eigenvalue weighted by molar-refractivity contribution is -0.138. The van der Waals surface area contributed by atoms with Gasteiger partial charge in [-0.25, -0.2) is 0 Å². The number of carboxylic acid groups (broad SMARTS) is 1. The molecule has 1 saturated heterocycles. The van der Waals surface area contributed by atoms with Gasteiger partial charge in [-0.15, -0.1) is 0 Å². The quantitative estimate of drug-likeness (QED) is 0.165. The summed E-state index contributed by atoms with van der Waals surface area (Å²) in [5.74, 6) is -0.999. The van der Waals surface area contributed by atoms with E-state index >= 15 is 0 Å². The first kappa shape index (κ1) is 29.0. The number of carboxylic acids is 1. The van der Waals surface area contributed by atoms with Crippen molar-refractivity contribution in [2.24, 2.45) is 0 Å². The molecule has 5 rings (SSSR count). The number of rotatable bonds is 8. The van der Waals surface area contributed by atoms with E-state index < -0.39 is 17.8 Å². The van der Waals surface area contributed by atoms with Gasteiger partial charge in [-0.05, 0) is 77.7 Å². The van der Waals surface area contributed by atoms with Gasteiger partial charge in [-0.1, -0.05) is 42.5 Å². The van der Waals surface area contributed by atoms with E-state index in [4.69, 9.17) is 20.8 Å². The van der Waals surface area contributed by atoms with E-state index in [1.54, 1.807) is 55.5 Å². The van der Waals surface area contributed by atoms with Crippen LogP contribution in [0.25, 0.3) is 10.8 Å². The molecule has 4 aromatic carbocycles. The normalized spacial score (nSPS) is 15.0. The molecule has 4 N–H and O–H groups in total. The van der Waals surface area contributed by atoms with Crippen LogP contribution in [0, 0.1) is 22.1 Å². The lowest BCUT2D eigenvalue weighted by Crippen LogP contribution is -2.30. The Labute approximate surface area is 249 Å². The Bertz CT molecular complexity index is 1740. The highest BCUT2D eigenvalue weighted by molar-refractivity contribution is 6.12. The van der Waals surface area contributed by atoms with Gasteiger partial charge in [-0.2, -0.15) is 5.26 Å². The van der Waals surface area contributed by atoms with Gasteiger partial charge in [-0.3, -0.25) is 20.4 Å². The van der Waals surface area contributed by atoms with Crippen LogP contribution in [0.4, 0.5) is 0 Å². The minimum atomic E-state index is -0.928. The van der Waals surface area contributed by atoms with E-state index in [9.17, 15) is 14.7 Å². The fraction of sp³-hybridized carbons (Fsp3) is 0.206. The van der Waals surface area contributed by atoms with Gasteiger partial charge >= 0.3 is 5.97 Å². The van der Waals surface area contributed by atoms with Crippen molar-refractivity contribution in [1.82, 2.24) is 10.2 Å². The summed E-state index contributed by atoms with van der Waals surface area (Å²) in [5, 5.41) is 39.6. The predicted molar refractivity (Wildman–Crippen MR) is 164 cm³/mol. The number of nitrogens with zero attached hydrogens (tertiary/aromatic N) is 2. The Morgan fingerprint density at radius 2 is 1.70 bits per heavy atom. The molecule has 1 amide bonds. The van der Waals surface area contributed by atoms with Crippen LogP contribution in [0.3, 0.4) is 0 Å². The summed E-state index contributed by atoms with van der Waals surface area (Å²) < 4.78 is 6.07. The second-order valence-electron chi connectivity index (χ2n) is 10.6. The molecule has 0 bridgehead atoms. The number of carbonyl (C=O) groups excluding carboxylic acids is 1. The number of amidine groups is 2. The van der Waals surface area contributed by atoms with E-state index in [2.05, 4.69) is 5.32 Å². The smallest absolute Gasteiger partial charge is 0.311 e. The van der Waals surface area contributed by atoms with E-state index in [0.717, 1.165) is 29.3 Å². The van der Waals surface area contributed by atoms with Crippen molar-refractivity contribution in [3.63, 3.8) is 0 Å². The van der Waals surface area contributed by atoms with Crippen molar-refractivity contribution in [2.75, 3.05) is 13.1 Å². The minimum Gasteiger partial charge on any atom is -0.489 e. The van der Waals surface area contributed by atoms with E-state index in [1.165, 1.54) is 12.1 Å². The number of nitriles is 1. The van der Waals surface area contributed by atoms with Crippen LogP contribution in [0.2, 0.25) is 0 Å². The third-order valence-electron chi connectivity index (χ3n) is 7.65. The van der Waals surface area contributed by atoms with Crippen LogP contribution in [-0.4, -0.2) is 52.7 Å². The zero-order valence-electron chi connectivity index (χ0n) is 23.6. The van der Waals surface area contributed by atoms with Crippen molar-refractivity contribution in [1.29, 1.82) is 16.1 Å². The first-order valence-corrected chi connectivity index (χ1v) is 13.9. The fourth-order valence-corrected chi connectivity index (χ4v) is 5.22. The molecule has 0 spiro atoms. The molecule has 0 aromatic heterocycles. The molecule has 0 unspecified atom stereocenters. The number of hydrogen-bond acceptors (Lipinski definition) is 6. The summed E-state index contributed by atoms with van der Waals surface area (Å²) in [6.07, 6.45) is 1.11. The number of amides is 1. The van der Waals surface area contributed by atoms with Gasteiger partial charge in [0.05, 0.1) is 29.9 Å². The number of likely N-dealkylation sites (tertiary alicyclic amines) is 1. The van der Waals surface area contributed by atoms with Crippen molar-refractivity contribution >= 4 is 34.3 Å². The highest BCUT2D eigenvalue weighted by Gasteiger charge is 2.25. The Hall–Kier alpha value is -5.49. The number of carbonyl (C=O) groups is 2. The van der Waals surface area contributed by atoms with Gasteiger partial charge in [0, 0.05) is 24.1 Å². The zero-order chi connectivity index (χ0) is 30.5. The molecule has 0 saturated carbocycles. The number of hydrogen-bond donors (Lipinski definition) is 4. The zero-order valence-corrected chi connectivity index (χ0v) is 23.6. The summed E-state index contributed by atoms with van der Waals surface area (Å²) in [6.45, 7) is 3.23. The molecule has 9 heteroatoms. The molecule has 1 fully saturated rings. The Morgan fingerprint density at radius 1 is 1.00 bits per heavy atom. The number of benzene rings is 4. The molecular weight excluding hydrogens is 542 g/mol. The van der Waals surface area contributed by atoms with Gasteiger partial charge < -0.3 is 20.1 Å². The Kier molecular flexibility index (Phi) is 8.49. The monoisotopic (exact) mass is 573 g/mol. The molecule has 1 heterocycles. The molecular formula is C34H31N5O4. The lowest BCUT2D eigenvalue weighted by Gasteiger charge is -2.18. The molecule has 216 valence electrons. The van der Waals surface area contributed by atoms with Crippen molar-refractivity contribution in [3.8, 4) is 11.8 Å². The SMILES string of the molecule is CC(=N)N1CC[C@H](Oc2ccc([C@H](Cc3ccc4ccc(C(=N)NC(=O)c5ccc(C#N)cc5)cc4c3)C(=O)O)cc2)C1. The number of ether oxygens (including phenoxy) is 1. The van der Waals surface area contributed by atoms with Crippen molar-refractivity contribution in [3.05, 3.63) is 113 Å². The second-order valence-corrected chi connectivity index (χ2v) is 10.6. The fourth-order valence-electron chi connectivity index (χ4n) is 5.22. The first-order chi connectivity index (χ1) is 20.7. The lowest BCUT2D eigenvalue weighted by atomic mass is 9.91. The first-order valence-electron chi connectivity index (χ1n) is 13.9. The maximum absolute atomic E-state index is 12.6. The molecule has 0 aliphatic carbocycles. The summed E-state index contributed by atoms with van der Waals surface area (Å²) in [5.41, 5.74) is 2.80. The van der Waals surface area contributed by atoms with Gasteiger partial charge in [0.15, 0.2) is 0 Å². The van der Waals surface area contributed by atoms with Crippen LogP contribution >= 0.6 is 0 Å². The average molecular weight is 574 g/mol. The highest BCUT2D eigenvalue weighted by atomic mass is 16.5. The summed E-state index contributed by atoms with van der Waals surface area (Å²) in [4.78, 5) is 26.9. The summed E-state index contributed by atoms with van der Waals surface area (Å²) in [7, 11) is 0. The largest absolute Gasteiger partial charge is 0.489 e. The third-order valence-corrected chi connectivity index (χ3v) is 7.65. The third kappa shape index (κ3) is 6.88. The molecule has 9 nitrogen and oxygen atoms in total. The van der Waals surface area contributed by atoms with Crippen LogP contribution < -0.4 is 10.1 Å². The van der Waals surface area contributed by atoms with Crippen molar-refractivity contribution in [2.45, 2.75) is 31.8 Å².